The first-order valence-electron chi connectivity index (χ1n) is 10.8. The molecule has 2 amide bonds. The van der Waals surface area contributed by atoms with Gasteiger partial charge >= 0.3 is 0 Å². The molecular weight excluding hydrogens is 476 g/mol. The lowest BCUT2D eigenvalue weighted by atomic mass is 10.2. The Balaban J connectivity index is 1.45. The molecular formula is C28H22N2O3S2. The van der Waals surface area contributed by atoms with Gasteiger partial charge in [0.25, 0.3) is 11.8 Å². The summed E-state index contributed by atoms with van der Waals surface area (Å²) in [4.78, 5) is 39.1. The van der Waals surface area contributed by atoms with E-state index in [0.717, 1.165) is 10.5 Å². The predicted molar refractivity (Wildman–Crippen MR) is 143 cm³/mol. The second-order valence-electron chi connectivity index (χ2n) is 7.49. The van der Waals surface area contributed by atoms with Gasteiger partial charge in [-0.1, -0.05) is 54.6 Å². The fourth-order valence-electron chi connectivity index (χ4n) is 3.18. The third kappa shape index (κ3) is 7.02. The maximum absolute atomic E-state index is 13.1. The molecule has 1 heterocycles. The Hall–Kier alpha value is -3.94. The molecule has 2 N–H and O–H groups in total. The summed E-state index contributed by atoms with van der Waals surface area (Å²) < 4.78 is 0. The van der Waals surface area contributed by atoms with E-state index in [1.54, 1.807) is 48.5 Å². The Morgan fingerprint density at radius 3 is 2.23 bits per heavy atom. The Morgan fingerprint density at radius 2 is 1.54 bits per heavy atom. The summed E-state index contributed by atoms with van der Waals surface area (Å²) in [6.45, 7) is 0. The first-order valence-corrected chi connectivity index (χ1v) is 12.7. The molecule has 0 unspecified atom stereocenters. The molecule has 0 saturated carbocycles. The van der Waals surface area contributed by atoms with Gasteiger partial charge in [0.2, 0.25) is 0 Å². The van der Waals surface area contributed by atoms with Gasteiger partial charge in [0, 0.05) is 21.7 Å². The van der Waals surface area contributed by atoms with Gasteiger partial charge in [0.15, 0.2) is 5.78 Å². The van der Waals surface area contributed by atoms with E-state index in [2.05, 4.69) is 10.6 Å². The first-order chi connectivity index (χ1) is 17.1. The summed E-state index contributed by atoms with van der Waals surface area (Å²) >= 11 is 2.90. The standard InChI is InChI=1S/C28H22N2O3S2/c31-26(21-8-3-1-4-9-21)19-35-24-13-7-12-23(17-24)29-28(33)25(16-20-14-15-34-18-20)30-27(32)22-10-5-2-6-11-22/h1-18H,19H2,(H,29,33)(H,30,32)/b25-16-. The van der Waals surface area contributed by atoms with Gasteiger partial charge in [-0.15, -0.1) is 11.8 Å². The van der Waals surface area contributed by atoms with Crippen molar-refractivity contribution in [3.63, 3.8) is 0 Å². The average Bonchev–Trinajstić information content (AvgIpc) is 3.41. The van der Waals surface area contributed by atoms with Gasteiger partial charge < -0.3 is 10.6 Å². The molecule has 0 aliphatic rings. The molecule has 4 aromatic rings. The van der Waals surface area contributed by atoms with Gasteiger partial charge in [0.1, 0.15) is 5.70 Å². The summed E-state index contributed by atoms with van der Waals surface area (Å²) in [5, 5.41) is 9.38. The zero-order valence-corrected chi connectivity index (χ0v) is 20.3. The monoisotopic (exact) mass is 498 g/mol. The van der Waals surface area contributed by atoms with Gasteiger partial charge in [-0.2, -0.15) is 11.3 Å². The van der Waals surface area contributed by atoms with Crippen molar-refractivity contribution in [2.75, 3.05) is 11.1 Å². The van der Waals surface area contributed by atoms with Crippen LogP contribution in [0.3, 0.4) is 0 Å². The van der Waals surface area contributed by atoms with Crippen molar-refractivity contribution >= 4 is 52.5 Å². The molecule has 0 spiro atoms. The Morgan fingerprint density at radius 1 is 0.829 bits per heavy atom. The summed E-state index contributed by atoms with van der Waals surface area (Å²) in [7, 11) is 0. The maximum atomic E-state index is 13.1. The van der Waals surface area contributed by atoms with Crippen LogP contribution in [-0.4, -0.2) is 23.4 Å². The summed E-state index contributed by atoms with van der Waals surface area (Å²) in [6.07, 6.45) is 1.64. The lowest BCUT2D eigenvalue weighted by molar-refractivity contribution is -0.113. The number of hydrogen-bond donors (Lipinski definition) is 2. The minimum Gasteiger partial charge on any atom is -0.321 e. The number of carbonyl (C=O) groups excluding carboxylic acids is 3. The van der Waals surface area contributed by atoms with E-state index >= 15 is 0 Å². The van der Waals surface area contributed by atoms with Crippen molar-refractivity contribution in [2.45, 2.75) is 4.90 Å². The molecule has 3 aromatic carbocycles. The normalized spacial score (nSPS) is 11.0. The van der Waals surface area contributed by atoms with Crippen LogP contribution < -0.4 is 10.6 Å². The Bertz CT molecular complexity index is 1340. The van der Waals surface area contributed by atoms with Crippen LogP contribution in [0, 0.1) is 0 Å². The van der Waals surface area contributed by atoms with Gasteiger partial charge in [-0.05, 0) is 58.8 Å². The number of thioether (sulfide) groups is 1. The highest BCUT2D eigenvalue weighted by atomic mass is 32.2. The van der Waals surface area contributed by atoms with Crippen LogP contribution in [0.25, 0.3) is 6.08 Å². The van der Waals surface area contributed by atoms with E-state index in [0.29, 0.717) is 16.8 Å². The third-order valence-corrected chi connectivity index (χ3v) is 6.64. The number of nitrogens with one attached hydrogen (secondary N) is 2. The molecule has 7 heteroatoms. The average molecular weight is 499 g/mol. The van der Waals surface area contributed by atoms with Crippen molar-refractivity contribution in [1.82, 2.24) is 5.32 Å². The second-order valence-corrected chi connectivity index (χ2v) is 9.32. The van der Waals surface area contributed by atoms with Crippen LogP contribution in [-0.2, 0) is 4.79 Å². The van der Waals surface area contributed by atoms with Crippen LogP contribution in [0.1, 0.15) is 26.3 Å². The topological polar surface area (TPSA) is 75.3 Å². The number of thiophene rings is 1. The number of hydrogen-bond acceptors (Lipinski definition) is 5. The zero-order valence-electron chi connectivity index (χ0n) is 18.6. The smallest absolute Gasteiger partial charge is 0.272 e. The largest absolute Gasteiger partial charge is 0.321 e. The van der Waals surface area contributed by atoms with E-state index in [-0.39, 0.29) is 23.1 Å². The Labute approximate surface area is 211 Å². The molecule has 0 aliphatic carbocycles. The maximum Gasteiger partial charge on any atom is 0.272 e. The highest BCUT2D eigenvalue weighted by Gasteiger charge is 2.15. The number of amides is 2. The van der Waals surface area contributed by atoms with Gasteiger partial charge in [0.05, 0.1) is 5.75 Å². The van der Waals surface area contributed by atoms with E-state index in [1.807, 2.05) is 59.3 Å². The van der Waals surface area contributed by atoms with Crippen molar-refractivity contribution in [3.05, 3.63) is 124 Å². The van der Waals surface area contributed by atoms with Crippen LogP contribution in [0.4, 0.5) is 5.69 Å². The van der Waals surface area contributed by atoms with Crippen LogP contribution in [0.2, 0.25) is 0 Å². The quantitative estimate of drug-likeness (QED) is 0.165. The number of carbonyl (C=O) groups is 3. The van der Waals surface area contributed by atoms with Crippen LogP contribution >= 0.6 is 23.1 Å². The van der Waals surface area contributed by atoms with Crippen LogP contribution in [0.15, 0.2) is 112 Å². The lowest BCUT2D eigenvalue weighted by Gasteiger charge is -2.12. The Kier molecular flexibility index (Phi) is 8.27. The van der Waals surface area contributed by atoms with Crippen molar-refractivity contribution in [2.24, 2.45) is 0 Å². The summed E-state index contributed by atoms with van der Waals surface area (Å²) in [5.41, 5.74) is 2.64. The summed E-state index contributed by atoms with van der Waals surface area (Å²) in [5.74, 6) is -0.485. The third-order valence-electron chi connectivity index (χ3n) is 4.94. The number of ketones is 1. The number of benzene rings is 3. The van der Waals surface area contributed by atoms with Gasteiger partial charge in [-0.25, -0.2) is 0 Å². The molecule has 0 saturated heterocycles. The molecule has 0 fully saturated rings. The molecule has 174 valence electrons. The van der Waals surface area contributed by atoms with E-state index in [1.165, 1.54) is 23.1 Å². The molecule has 35 heavy (non-hydrogen) atoms. The molecule has 0 aliphatic heterocycles. The fraction of sp³-hybridized carbons (Fsp3) is 0.0357. The second kappa shape index (κ2) is 12.0. The first kappa shape index (κ1) is 24.2. The molecule has 1 aromatic heterocycles. The molecule has 0 bridgehead atoms. The SMILES string of the molecule is O=C(Nc1cccc(SCC(=O)c2ccccc2)c1)/C(=C/c1ccsc1)NC(=O)c1ccccc1. The number of anilines is 1. The highest BCUT2D eigenvalue weighted by Crippen LogP contribution is 2.23. The van der Waals surface area contributed by atoms with Gasteiger partial charge in [-0.3, -0.25) is 14.4 Å². The number of rotatable bonds is 9. The molecule has 0 radical (unpaired) electrons. The molecule has 0 atom stereocenters. The predicted octanol–water partition coefficient (Wildman–Crippen LogP) is 6.13. The van der Waals surface area contributed by atoms with E-state index in [4.69, 9.17) is 0 Å². The molecule has 4 rings (SSSR count). The van der Waals surface area contributed by atoms with Crippen molar-refractivity contribution < 1.29 is 14.4 Å². The highest BCUT2D eigenvalue weighted by molar-refractivity contribution is 8.00. The van der Waals surface area contributed by atoms with E-state index < -0.39 is 5.91 Å². The van der Waals surface area contributed by atoms with Crippen molar-refractivity contribution in [1.29, 1.82) is 0 Å². The van der Waals surface area contributed by atoms with Crippen molar-refractivity contribution in [3.8, 4) is 0 Å². The van der Waals surface area contributed by atoms with Crippen LogP contribution in [0.5, 0.6) is 0 Å². The minimum atomic E-state index is -0.442. The van der Waals surface area contributed by atoms with E-state index in [9.17, 15) is 14.4 Å². The number of Topliss-reactive ketones (excluding diaryl/α,β-unsaturated/α-hetero) is 1. The lowest BCUT2D eigenvalue weighted by Crippen LogP contribution is -2.30. The fourth-order valence-corrected chi connectivity index (χ4v) is 4.65. The molecule has 5 nitrogen and oxygen atoms in total. The summed E-state index contributed by atoms with van der Waals surface area (Å²) in [6, 6.07) is 27.0. The zero-order chi connectivity index (χ0) is 24.5. The minimum absolute atomic E-state index is 0.0367.